The number of aliphatic hydroxyl groups excluding tert-OH is 1. The van der Waals surface area contributed by atoms with Gasteiger partial charge in [-0.15, -0.1) is 11.8 Å². The third kappa shape index (κ3) is 4.42. The Kier molecular flexibility index (Phi) is 6.97. The Balaban J connectivity index is 2.04. The Morgan fingerprint density at radius 1 is 1.24 bits per heavy atom. The number of rotatable bonds is 8. The molecule has 188 valence electrons. The molecule has 3 aliphatic heterocycles. The van der Waals surface area contributed by atoms with Gasteiger partial charge in [0.1, 0.15) is 6.04 Å². The molecule has 0 aromatic carbocycles. The van der Waals surface area contributed by atoms with Crippen molar-refractivity contribution in [3.63, 3.8) is 0 Å². The van der Waals surface area contributed by atoms with Crippen molar-refractivity contribution in [2.45, 2.75) is 108 Å². The number of hydrogen-bond acceptors (Lipinski definition) is 6. The van der Waals surface area contributed by atoms with Crippen LogP contribution in [0.15, 0.2) is 0 Å². The van der Waals surface area contributed by atoms with E-state index in [1.165, 1.54) is 0 Å². The molecule has 3 saturated heterocycles. The number of nitrogens with one attached hydrogen (secondary N) is 1. The number of fused-ring (bicyclic) bond motifs is 1. The second-order valence-electron chi connectivity index (χ2n) is 12.1. The lowest BCUT2D eigenvalue weighted by Gasteiger charge is -2.40. The average Bonchev–Trinajstić information content (AvgIpc) is 3.22. The van der Waals surface area contributed by atoms with Gasteiger partial charge in [-0.2, -0.15) is 0 Å². The minimum Gasteiger partial charge on any atom is -0.466 e. The zero-order chi connectivity index (χ0) is 25.0. The maximum atomic E-state index is 14.0. The zero-order valence-corrected chi connectivity index (χ0v) is 22.3. The van der Waals surface area contributed by atoms with Crippen LogP contribution in [0.25, 0.3) is 0 Å². The van der Waals surface area contributed by atoms with E-state index >= 15 is 0 Å². The second kappa shape index (κ2) is 8.74. The van der Waals surface area contributed by atoms with Gasteiger partial charge in [0.2, 0.25) is 11.8 Å². The molecule has 1 spiro atoms. The predicted octanol–water partition coefficient (Wildman–Crippen LogP) is 3.13. The Morgan fingerprint density at radius 3 is 2.39 bits per heavy atom. The van der Waals surface area contributed by atoms with Crippen LogP contribution in [-0.4, -0.2) is 68.1 Å². The third-order valence-corrected chi connectivity index (χ3v) is 9.50. The van der Waals surface area contributed by atoms with E-state index in [0.29, 0.717) is 12.8 Å². The van der Waals surface area contributed by atoms with E-state index in [4.69, 9.17) is 4.74 Å². The molecule has 6 atom stereocenters. The van der Waals surface area contributed by atoms with Crippen LogP contribution in [0.3, 0.4) is 0 Å². The monoisotopic (exact) mass is 482 g/mol. The maximum Gasteiger partial charge on any atom is 0.311 e. The van der Waals surface area contributed by atoms with Gasteiger partial charge in [-0.3, -0.25) is 14.4 Å². The highest BCUT2D eigenvalue weighted by molar-refractivity contribution is 8.02. The van der Waals surface area contributed by atoms with E-state index < -0.39 is 39.0 Å². The quantitative estimate of drug-likeness (QED) is 0.516. The van der Waals surface area contributed by atoms with Crippen molar-refractivity contribution >= 4 is 29.5 Å². The van der Waals surface area contributed by atoms with E-state index in [-0.39, 0.29) is 36.4 Å². The van der Waals surface area contributed by atoms with Crippen molar-refractivity contribution in [3.8, 4) is 0 Å². The van der Waals surface area contributed by atoms with Crippen LogP contribution >= 0.6 is 11.8 Å². The highest BCUT2D eigenvalue weighted by Gasteiger charge is 2.78. The molecule has 3 fully saturated rings. The van der Waals surface area contributed by atoms with Crippen LogP contribution in [0.1, 0.15) is 81.1 Å². The first kappa shape index (κ1) is 26.3. The molecule has 0 aromatic rings. The summed E-state index contributed by atoms with van der Waals surface area (Å²) in [4.78, 5) is 42.5. The van der Waals surface area contributed by atoms with Gasteiger partial charge in [-0.1, -0.05) is 27.7 Å². The third-order valence-electron chi connectivity index (χ3n) is 7.51. The normalized spacial score (nSPS) is 34.4. The highest BCUT2D eigenvalue weighted by atomic mass is 32.2. The Morgan fingerprint density at radius 2 is 1.88 bits per heavy atom. The molecule has 2 N–H and O–H groups in total. The highest BCUT2D eigenvalue weighted by Crippen LogP contribution is 2.71. The SMILES string of the molecule is CCOC(=O)[C@@H]1[C@H]2C(=O)N([C@@H](CC)CO)C(C(=O)NC(C)(C)CC(C)(C)C)C23CC[C@@]1(C)S3. The number of aliphatic hydroxyl groups is 1. The van der Waals surface area contributed by atoms with Crippen molar-refractivity contribution in [1.82, 2.24) is 10.2 Å². The summed E-state index contributed by atoms with van der Waals surface area (Å²) < 4.78 is 4.29. The molecular formula is C25H42N2O5S. The first-order valence-electron chi connectivity index (χ1n) is 12.3. The summed E-state index contributed by atoms with van der Waals surface area (Å²) in [7, 11) is 0. The summed E-state index contributed by atoms with van der Waals surface area (Å²) in [6.45, 7) is 16.2. The molecule has 33 heavy (non-hydrogen) atoms. The number of carbonyl (C=O) groups is 3. The van der Waals surface area contributed by atoms with Crippen LogP contribution in [0.5, 0.6) is 0 Å². The van der Waals surface area contributed by atoms with Gasteiger partial charge in [-0.05, 0) is 58.8 Å². The van der Waals surface area contributed by atoms with Gasteiger partial charge in [-0.25, -0.2) is 0 Å². The Hall–Kier alpha value is -1.28. The number of amides is 2. The van der Waals surface area contributed by atoms with Crippen LogP contribution < -0.4 is 5.32 Å². The molecule has 0 aromatic heterocycles. The van der Waals surface area contributed by atoms with Crippen LogP contribution in [0.4, 0.5) is 0 Å². The van der Waals surface area contributed by atoms with Crippen LogP contribution in [0.2, 0.25) is 0 Å². The first-order valence-corrected chi connectivity index (χ1v) is 13.1. The number of nitrogens with zero attached hydrogens (tertiary/aromatic N) is 1. The number of hydrogen-bond donors (Lipinski definition) is 2. The molecule has 0 aliphatic carbocycles. The first-order chi connectivity index (χ1) is 15.2. The summed E-state index contributed by atoms with van der Waals surface area (Å²) in [5.74, 6) is -1.92. The van der Waals surface area contributed by atoms with E-state index in [1.54, 1.807) is 23.6 Å². The number of likely N-dealkylation sites (tertiary alicyclic amines) is 1. The minimum absolute atomic E-state index is 0.0167. The summed E-state index contributed by atoms with van der Waals surface area (Å²) in [6, 6.07) is -1.19. The van der Waals surface area contributed by atoms with E-state index in [1.807, 2.05) is 27.7 Å². The van der Waals surface area contributed by atoms with Gasteiger partial charge < -0.3 is 20.1 Å². The van der Waals surface area contributed by atoms with Crippen molar-refractivity contribution in [3.05, 3.63) is 0 Å². The van der Waals surface area contributed by atoms with Gasteiger partial charge in [0.15, 0.2) is 0 Å². The Bertz CT molecular complexity index is 805. The van der Waals surface area contributed by atoms with Gasteiger partial charge in [0, 0.05) is 10.3 Å². The molecule has 3 rings (SSSR count). The van der Waals surface area contributed by atoms with Gasteiger partial charge in [0.05, 0.1) is 35.8 Å². The molecule has 3 heterocycles. The van der Waals surface area contributed by atoms with Crippen molar-refractivity contribution < 1.29 is 24.2 Å². The van der Waals surface area contributed by atoms with Crippen molar-refractivity contribution in [1.29, 1.82) is 0 Å². The van der Waals surface area contributed by atoms with Crippen LogP contribution in [-0.2, 0) is 19.1 Å². The summed E-state index contributed by atoms with van der Waals surface area (Å²) in [6.07, 6.45) is 2.75. The topological polar surface area (TPSA) is 95.9 Å². The largest absolute Gasteiger partial charge is 0.466 e. The minimum atomic E-state index is -0.724. The summed E-state index contributed by atoms with van der Waals surface area (Å²) in [5, 5.41) is 13.3. The van der Waals surface area contributed by atoms with E-state index in [9.17, 15) is 19.5 Å². The number of thioether (sulfide) groups is 1. The number of ether oxygens (including phenoxy) is 1. The molecular weight excluding hydrogens is 440 g/mol. The van der Waals surface area contributed by atoms with Crippen molar-refractivity contribution in [2.24, 2.45) is 17.3 Å². The average molecular weight is 483 g/mol. The second-order valence-corrected chi connectivity index (χ2v) is 14.0. The summed E-state index contributed by atoms with van der Waals surface area (Å²) in [5.41, 5.74) is -0.450. The molecule has 7 nitrogen and oxygen atoms in total. The molecule has 3 aliphatic rings. The maximum absolute atomic E-state index is 14.0. The molecule has 0 saturated carbocycles. The fourth-order valence-electron chi connectivity index (χ4n) is 6.83. The van der Waals surface area contributed by atoms with E-state index in [2.05, 4.69) is 26.1 Å². The molecule has 2 unspecified atom stereocenters. The smallest absolute Gasteiger partial charge is 0.311 e. The summed E-state index contributed by atoms with van der Waals surface area (Å²) >= 11 is 1.63. The van der Waals surface area contributed by atoms with Crippen LogP contribution in [0, 0.1) is 17.3 Å². The lowest BCUT2D eigenvalue weighted by molar-refractivity contribution is -0.155. The Labute approximate surface area is 202 Å². The van der Waals surface area contributed by atoms with Crippen molar-refractivity contribution in [2.75, 3.05) is 13.2 Å². The standard InChI is InChI=1S/C25H42N2O5S/c1-9-15(13-28)27-18(19(29)26-23(6,7)14-22(3,4)5)25-12-11-24(8,33-25)17(16(25)20(27)30)21(31)32-10-2/h15-18,28H,9-14H2,1-8H3,(H,26,29)/t15-,16-,17-,18?,24+,25?/m0/s1. The molecule has 2 bridgehead atoms. The van der Waals surface area contributed by atoms with Gasteiger partial charge >= 0.3 is 5.97 Å². The molecule has 0 radical (unpaired) electrons. The number of esters is 1. The number of carbonyl (C=O) groups excluding carboxylic acids is 3. The zero-order valence-electron chi connectivity index (χ0n) is 21.5. The predicted molar refractivity (Wildman–Crippen MR) is 130 cm³/mol. The lowest BCUT2D eigenvalue weighted by Crippen LogP contribution is -2.60. The van der Waals surface area contributed by atoms with E-state index in [0.717, 1.165) is 12.8 Å². The van der Waals surface area contributed by atoms with Gasteiger partial charge in [0.25, 0.3) is 0 Å². The fourth-order valence-corrected chi connectivity index (χ4v) is 9.16. The lowest BCUT2D eigenvalue weighted by atomic mass is 9.66. The molecule has 2 amide bonds. The fraction of sp³-hybridized carbons (Fsp3) is 0.880. The molecule has 8 heteroatoms.